The number of methoxy groups -OCH3 is 2. The molecule has 1 N–H and O–H groups in total. The molecule has 0 spiro atoms. The van der Waals surface area contributed by atoms with Gasteiger partial charge in [0.15, 0.2) is 11.5 Å². The van der Waals surface area contributed by atoms with Crippen molar-refractivity contribution in [3.05, 3.63) is 48.0 Å². The lowest BCUT2D eigenvalue weighted by Gasteiger charge is -2.12. The van der Waals surface area contributed by atoms with E-state index in [1.807, 2.05) is 42.5 Å². The van der Waals surface area contributed by atoms with Gasteiger partial charge in [-0.15, -0.1) is 0 Å². The standard InChI is InChI=1S/C17H18O4/c1-11(17(18)19)12-5-4-6-13(9-12)14-7-8-15(20-2)16(10-14)21-3/h4-11H,1-3H3,(H,18,19). The van der Waals surface area contributed by atoms with Crippen molar-refractivity contribution in [1.29, 1.82) is 0 Å². The Hall–Kier alpha value is -2.49. The summed E-state index contributed by atoms with van der Waals surface area (Å²) in [4.78, 5) is 11.1. The number of ether oxygens (including phenoxy) is 2. The number of carbonyl (C=O) groups is 1. The fraction of sp³-hybridized carbons (Fsp3) is 0.235. The zero-order valence-corrected chi connectivity index (χ0v) is 12.3. The van der Waals surface area contributed by atoms with Gasteiger partial charge in [-0.3, -0.25) is 4.79 Å². The average Bonchev–Trinajstić information content (AvgIpc) is 2.53. The van der Waals surface area contributed by atoms with E-state index in [1.165, 1.54) is 0 Å². The lowest BCUT2D eigenvalue weighted by molar-refractivity contribution is -0.138. The van der Waals surface area contributed by atoms with E-state index >= 15 is 0 Å². The Kier molecular flexibility index (Phi) is 4.48. The molecule has 0 radical (unpaired) electrons. The van der Waals surface area contributed by atoms with Crippen molar-refractivity contribution in [3.8, 4) is 22.6 Å². The second-order valence-corrected chi connectivity index (χ2v) is 4.76. The van der Waals surface area contributed by atoms with E-state index in [0.717, 1.165) is 16.7 Å². The van der Waals surface area contributed by atoms with Crippen LogP contribution in [0.5, 0.6) is 11.5 Å². The first-order chi connectivity index (χ1) is 10.1. The minimum absolute atomic E-state index is 0.537. The maximum absolute atomic E-state index is 11.1. The van der Waals surface area contributed by atoms with E-state index < -0.39 is 11.9 Å². The molecule has 1 atom stereocenters. The van der Waals surface area contributed by atoms with Crippen LogP contribution in [-0.4, -0.2) is 25.3 Å². The van der Waals surface area contributed by atoms with Gasteiger partial charge in [0, 0.05) is 0 Å². The van der Waals surface area contributed by atoms with E-state index in [9.17, 15) is 4.79 Å². The first kappa shape index (κ1) is 14.9. The Labute approximate surface area is 123 Å². The summed E-state index contributed by atoms with van der Waals surface area (Å²) in [5, 5.41) is 9.11. The number of hydrogen-bond acceptors (Lipinski definition) is 3. The van der Waals surface area contributed by atoms with Crippen LogP contribution in [0.15, 0.2) is 42.5 Å². The number of rotatable bonds is 5. The lowest BCUT2D eigenvalue weighted by atomic mass is 9.96. The topological polar surface area (TPSA) is 55.8 Å². The minimum Gasteiger partial charge on any atom is -0.493 e. The van der Waals surface area contributed by atoms with Crippen molar-refractivity contribution >= 4 is 5.97 Å². The van der Waals surface area contributed by atoms with Gasteiger partial charge in [-0.05, 0) is 35.7 Å². The molecule has 21 heavy (non-hydrogen) atoms. The highest BCUT2D eigenvalue weighted by Gasteiger charge is 2.14. The molecule has 4 heteroatoms. The van der Waals surface area contributed by atoms with Gasteiger partial charge in [0.1, 0.15) is 0 Å². The molecular weight excluding hydrogens is 268 g/mol. The number of aliphatic carboxylic acids is 1. The molecule has 2 aromatic carbocycles. The molecule has 2 aromatic rings. The fourth-order valence-electron chi connectivity index (χ4n) is 2.15. The molecule has 0 saturated carbocycles. The highest BCUT2D eigenvalue weighted by atomic mass is 16.5. The van der Waals surface area contributed by atoms with E-state index in [2.05, 4.69) is 0 Å². The Morgan fingerprint density at radius 2 is 1.67 bits per heavy atom. The van der Waals surface area contributed by atoms with Crippen molar-refractivity contribution in [2.75, 3.05) is 14.2 Å². The third-order valence-electron chi connectivity index (χ3n) is 3.47. The largest absolute Gasteiger partial charge is 0.493 e. The van der Waals surface area contributed by atoms with Crippen LogP contribution >= 0.6 is 0 Å². The second kappa shape index (κ2) is 6.31. The van der Waals surface area contributed by atoms with Crippen LogP contribution in [-0.2, 0) is 4.79 Å². The zero-order valence-electron chi connectivity index (χ0n) is 12.3. The van der Waals surface area contributed by atoms with Crippen molar-refractivity contribution < 1.29 is 19.4 Å². The Bertz CT molecular complexity index is 649. The summed E-state index contributed by atoms with van der Waals surface area (Å²) in [6.45, 7) is 1.68. The summed E-state index contributed by atoms with van der Waals surface area (Å²) in [7, 11) is 3.18. The molecule has 1 unspecified atom stereocenters. The lowest BCUT2D eigenvalue weighted by Crippen LogP contribution is -2.07. The quantitative estimate of drug-likeness (QED) is 0.913. The molecule has 0 heterocycles. The number of carboxylic acids is 1. The Morgan fingerprint density at radius 3 is 2.29 bits per heavy atom. The SMILES string of the molecule is COc1ccc(-c2cccc(C(C)C(=O)O)c2)cc1OC. The number of benzene rings is 2. The molecular formula is C17H18O4. The molecule has 0 fully saturated rings. The third kappa shape index (κ3) is 3.16. The summed E-state index contributed by atoms with van der Waals surface area (Å²) in [6.07, 6.45) is 0. The fourth-order valence-corrected chi connectivity index (χ4v) is 2.15. The van der Waals surface area contributed by atoms with E-state index in [1.54, 1.807) is 21.1 Å². The molecule has 110 valence electrons. The zero-order chi connectivity index (χ0) is 15.4. The van der Waals surface area contributed by atoms with Gasteiger partial charge in [0.05, 0.1) is 20.1 Å². The maximum Gasteiger partial charge on any atom is 0.310 e. The van der Waals surface area contributed by atoms with Crippen molar-refractivity contribution in [1.82, 2.24) is 0 Å². The monoisotopic (exact) mass is 286 g/mol. The molecule has 0 amide bonds. The predicted molar refractivity (Wildman–Crippen MR) is 81.0 cm³/mol. The van der Waals surface area contributed by atoms with Gasteiger partial charge in [0.25, 0.3) is 0 Å². The van der Waals surface area contributed by atoms with E-state index in [0.29, 0.717) is 11.5 Å². The van der Waals surface area contributed by atoms with Crippen molar-refractivity contribution in [3.63, 3.8) is 0 Å². The van der Waals surface area contributed by atoms with Crippen molar-refractivity contribution in [2.45, 2.75) is 12.8 Å². The van der Waals surface area contributed by atoms with Gasteiger partial charge in [0.2, 0.25) is 0 Å². The van der Waals surface area contributed by atoms with Crippen LogP contribution in [0.25, 0.3) is 11.1 Å². The van der Waals surface area contributed by atoms with Gasteiger partial charge in [-0.2, -0.15) is 0 Å². The summed E-state index contributed by atoms with van der Waals surface area (Å²) < 4.78 is 10.5. The smallest absolute Gasteiger partial charge is 0.310 e. The highest BCUT2D eigenvalue weighted by Crippen LogP contribution is 2.33. The summed E-state index contributed by atoms with van der Waals surface area (Å²) in [6, 6.07) is 13.2. The first-order valence-corrected chi connectivity index (χ1v) is 6.62. The number of carboxylic acid groups (broad SMARTS) is 1. The van der Waals surface area contributed by atoms with Crippen LogP contribution in [0.4, 0.5) is 0 Å². The van der Waals surface area contributed by atoms with Crippen LogP contribution in [0.2, 0.25) is 0 Å². The van der Waals surface area contributed by atoms with Gasteiger partial charge in [-0.25, -0.2) is 0 Å². The number of hydrogen-bond donors (Lipinski definition) is 1. The predicted octanol–water partition coefficient (Wildman–Crippen LogP) is 3.56. The van der Waals surface area contributed by atoms with Crippen LogP contribution in [0.1, 0.15) is 18.4 Å². The third-order valence-corrected chi connectivity index (χ3v) is 3.47. The highest BCUT2D eigenvalue weighted by molar-refractivity contribution is 5.77. The van der Waals surface area contributed by atoms with Crippen LogP contribution in [0.3, 0.4) is 0 Å². The molecule has 0 aliphatic rings. The molecule has 0 aliphatic heterocycles. The second-order valence-electron chi connectivity index (χ2n) is 4.76. The molecule has 0 aliphatic carbocycles. The maximum atomic E-state index is 11.1. The normalized spacial score (nSPS) is 11.8. The molecule has 4 nitrogen and oxygen atoms in total. The van der Waals surface area contributed by atoms with E-state index in [-0.39, 0.29) is 0 Å². The molecule has 0 saturated heterocycles. The van der Waals surface area contributed by atoms with Crippen LogP contribution in [0, 0.1) is 0 Å². The summed E-state index contributed by atoms with van der Waals surface area (Å²) in [5.74, 6) is -0.0625. The molecule has 0 aromatic heterocycles. The van der Waals surface area contributed by atoms with Gasteiger partial charge < -0.3 is 14.6 Å². The molecule has 0 bridgehead atoms. The Balaban J connectivity index is 2.42. The summed E-state index contributed by atoms with van der Waals surface area (Å²) >= 11 is 0. The minimum atomic E-state index is -0.834. The average molecular weight is 286 g/mol. The van der Waals surface area contributed by atoms with Crippen molar-refractivity contribution in [2.24, 2.45) is 0 Å². The first-order valence-electron chi connectivity index (χ1n) is 6.62. The van der Waals surface area contributed by atoms with E-state index in [4.69, 9.17) is 14.6 Å². The van der Waals surface area contributed by atoms with Crippen LogP contribution < -0.4 is 9.47 Å². The summed E-state index contributed by atoms with van der Waals surface area (Å²) in [5.41, 5.74) is 2.67. The molecule has 2 rings (SSSR count). The van der Waals surface area contributed by atoms with Gasteiger partial charge in [-0.1, -0.05) is 30.3 Å². The van der Waals surface area contributed by atoms with Gasteiger partial charge >= 0.3 is 5.97 Å². The Morgan fingerprint density at radius 1 is 1.00 bits per heavy atom.